The van der Waals surface area contributed by atoms with Crippen LogP contribution in [-0.2, 0) is 16.1 Å². The molecule has 8 heteroatoms. The second-order valence-corrected chi connectivity index (χ2v) is 10.4. The van der Waals surface area contributed by atoms with Gasteiger partial charge in [0.25, 0.3) is 11.8 Å². The molecule has 1 aliphatic heterocycles. The SMILES string of the molecule is COc1ccc(CN2C(=O)/C(=C/c3ccc(OCC(=O)Nc4ccc(C)cc4)cc3)SC2=Nc2ccccc2)cc1. The number of amidine groups is 1. The topological polar surface area (TPSA) is 80.2 Å². The van der Waals surface area contributed by atoms with Crippen molar-refractivity contribution in [1.82, 2.24) is 4.90 Å². The molecule has 0 radical (unpaired) electrons. The number of rotatable bonds is 9. The number of amides is 2. The van der Waals surface area contributed by atoms with Crippen LogP contribution in [0.15, 0.2) is 113 Å². The first kappa shape index (κ1) is 27.7. The van der Waals surface area contributed by atoms with Crippen molar-refractivity contribution in [3.63, 3.8) is 0 Å². The predicted octanol–water partition coefficient (Wildman–Crippen LogP) is 6.83. The van der Waals surface area contributed by atoms with Crippen molar-refractivity contribution in [1.29, 1.82) is 0 Å². The van der Waals surface area contributed by atoms with Gasteiger partial charge in [0, 0.05) is 5.69 Å². The second-order valence-electron chi connectivity index (χ2n) is 9.35. The molecule has 1 aliphatic rings. The van der Waals surface area contributed by atoms with Crippen LogP contribution in [0.2, 0.25) is 0 Å². The van der Waals surface area contributed by atoms with Gasteiger partial charge in [0.15, 0.2) is 11.8 Å². The lowest BCUT2D eigenvalue weighted by atomic mass is 10.2. The maximum atomic E-state index is 13.5. The molecular weight excluding hydrogens is 534 g/mol. The molecule has 4 aromatic carbocycles. The van der Waals surface area contributed by atoms with Gasteiger partial charge in [0.05, 0.1) is 24.2 Å². The normalized spacial score (nSPS) is 14.9. The van der Waals surface area contributed by atoms with Crippen molar-refractivity contribution >= 4 is 46.2 Å². The average Bonchev–Trinajstić information content (AvgIpc) is 3.27. The van der Waals surface area contributed by atoms with E-state index in [1.165, 1.54) is 11.8 Å². The maximum Gasteiger partial charge on any atom is 0.267 e. The minimum atomic E-state index is -0.241. The van der Waals surface area contributed by atoms with E-state index in [1.54, 1.807) is 24.1 Å². The summed E-state index contributed by atoms with van der Waals surface area (Å²) >= 11 is 1.34. The van der Waals surface area contributed by atoms with Gasteiger partial charge in [-0.05, 0) is 84.4 Å². The number of benzene rings is 4. The lowest BCUT2D eigenvalue weighted by Crippen LogP contribution is -2.28. The molecule has 4 aromatic rings. The molecule has 5 rings (SSSR count). The number of anilines is 1. The fourth-order valence-electron chi connectivity index (χ4n) is 4.05. The summed E-state index contributed by atoms with van der Waals surface area (Å²) in [5.74, 6) is 0.960. The number of hydrogen-bond acceptors (Lipinski definition) is 6. The Labute approximate surface area is 243 Å². The molecule has 0 aliphatic carbocycles. The van der Waals surface area contributed by atoms with Crippen LogP contribution in [0.5, 0.6) is 11.5 Å². The number of carbonyl (C=O) groups is 2. The summed E-state index contributed by atoms with van der Waals surface area (Å²) in [6.45, 7) is 2.27. The van der Waals surface area contributed by atoms with E-state index in [0.717, 1.165) is 33.8 Å². The standard InChI is InChI=1S/C33H29N3O4S/c1-23-8-14-27(15-9-23)34-31(37)22-40-29-18-10-24(11-19-29)20-30-32(38)36(21-25-12-16-28(39-2)17-13-25)33(41-30)35-26-6-4-3-5-7-26/h3-20H,21-22H2,1-2H3,(H,34,37)/b30-20-,35-33?. The average molecular weight is 564 g/mol. The van der Waals surface area contributed by atoms with Crippen molar-refractivity contribution < 1.29 is 19.1 Å². The number of hydrogen-bond donors (Lipinski definition) is 1. The molecule has 0 saturated carbocycles. The summed E-state index contributed by atoms with van der Waals surface area (Å²) in [7, 11) is 1.62. The summed E-state index contributed by atoms with van der Waals surface area (Å²) in [5.41, 5.74) is 4.42. The molecule has 1 N–H and O–H groups in total. The van der Waals surface area contributed by atoms with E-state index in [2.05, 4.69) is 5.32 Å². The zero-order valence-corrected chi connectivity index (χ0v) is 23.6. The second kappa shape index (κ2) is 13.0. The largest absolute Gasteiger partial charge is 0.497 e. The first-order chi connectivity index (χ1) is 20.0. The molecule has 0 aromatic heterocycles. The van der Waals surface area contributed by atoms with Crippen molar-refractivity contribution in [2.24, 2.45) is 4.99 Å². The Kier molecular flexibility index (Phi) is 8.81. The third-order valence-electron chi connectivity index (χ3n) is 6.25. The van der Waals surface area contributed by atoms with Gasteiger partial charge in [-0.15, -0.1) is 0 Å². The number of aliphatic imine (C=N–C) groups is 1. The number of aryl methyl sites for hydroxylation is 1. The smallest absolute Gasteiger partial charge is 0.267 e. The van der Waals surface area contributed by atoms with E-state index in [1.807, 2.05) is 104 Å². The summed E-state index contributed by atoms with van der Waals surface area (Å²) < 4.78 is 10.9. The van der Waals surface area contributed by atoms with Gasteiger partial charge in [-0.1, -0.05) is 60.2 Å². The lowest BCUT2D eigenvalue weighted by molar-refractivity contribution is -0.122. The van der Waals surface area contributed by atoms with Gasteiger partial charge in [0.1, 0.15) is 11.5 Å². The van der Waals surface area contributed by atoms with Crippen LogP contribution in [0.3, 0.4) is 0 Å². The predicted molar refractivity (Wildman–Crippen MR) is 164 cm³/mol. The molecule has 1 fully saturated rings. The van der Waals surface area contributed by atoms with Crippen LogP contribution >= 0.6 is 11.8 Å². The maximum absolute atomic E-state index is 13.5. The Balaban J connectivity index is 1.27. The molecule has 7 nitrogen and oxygen atoms in total. The zero-order valence-electron chi connectivity index (χ0n) is 22.7. The monoisotopic (exact) mass is 563 g/mol. The molecule has 1 saturated heterocycles. The highest BCUT2D eigenvalue weighted by molar-refractivity contribution is 8.18. The number of nitrogens with zero attached hydrogens (tertiary/aromatic N) is 2. The van der Waals surface area contributed by atoms with Crippen molar-refractivity contribution in [2.45, 2.75) is 13.5 Å². The summed E-state index contributed by atoms with van der Waals surface area (Å²) in [6, 6.07) is 32.1. The van der Waals surface area contributed by atoms with Gasteiger partial charge in [-0.25, -0.2) is 4.99 Å². The van der Waals surface area contributed by atoms with Gasteiger partial charge >= 0.3 is 0 Å². The number of para-hydroxylation sites is 1. The third kappa shape index (κ3) is 7.43. The Morgan fingerprint density at radius 1 is 0.902 bits per heavy atom. The van der Waals surface area contributed by atoms with Gasteiger partial charge in [0.2, 0.25) is 0 Å². The third-order valence-corrected chi connectivity index (χ3v) is 7.26. The number of thioether (sulfide) groups is 1. The fraction of sp³-hybridized carbons (Fsp3) is 0.121. The Morgan fingerprint density at radius 2 is 1.59 bits per heavy atom. The minimum Gasteiger partial charge on any atom is -0.497 e. The molecule has 206 valence electrons. The molecule has 0 spiro atoms. The zero-order chi connectivity index (χ0) is 28.6. The highest BCUT2D eigenvalue weighted by Gasteiger charge is 2.33. The van der Waals surface area contributed by atoms with E-state index in [0.29, 0.717) is 22.4 Å². The number of carbonyl (C=O) groups excluding carboxylic acids is 2. The van der Waals surface area contributed by atoms with E-state index in [9.17, 15) is 9.59 Å². The van der Waals surface area contributed by atoms with E-state index in [-0.39, 0.29) is 18.4 Å². The first-order valence-electron chi connectivity index (χ1n) is 13.0. The minimum absolute atomic E-state index is 0.109. The summed E-state index contributed by atoms with van der Waals surface area (Å²) in [6.07, 6.45) is 1.84. The van der Waals surface area contributed by atoms with Crippen LogP contribution in [-0.4, -0.2) is 35.6 Å². The van der Waals surface area contributed by atoms with Crippen LogP contribution in [0, 0.1) is 6.92 Å². The van der Waals surface area contributed by atoms with Crippen LogP contribution in [0.25, 0.3) is 6.08 Å². The number of nitrogens with one attached hydrogen (secondary N) is 1. The van der Waals surface area contributed by atoms with Crippen molar-refractivity contribution in [3.05, 3.63) is 125 Å². The lowest BCUT2D eigenvalue weighted by Gasteiger charge is -2.16. The van der Waals surface area contributed by atoms with Crippen molar-refractivity contribution in [2.75, 3.05) is 19.0 Å². The highest BCUT2D eigenvalue weighted by Crippen LogP contribution is 2.35. The number of methoxy groups -OCH3 is 1. The van der Waals surface area contributed by atoms with E-state index < -0.39 is 0 Å². The van der Waals surface area contributed by atoms with Crippen LogP contribution in [0.4, 0.5) is 11.4 Å². The first-order valence-corrected chi connectivity index (χ1v) is 13.9. The van der Waals surface area contributed by atoms with Crippen LogP contribution < -0.4 is 14.8 Å². The number of ether oxygens (including phenoxy) is 2. The fourth-order valence-corrected chi connectivity index (χ4v) is 5.05. The highest BCUT2D eigenvalue weighted by atomic mass is 32.2. The molecule has 1 heterocycles. The summed E-state index contributed by atoms with van der Waals surface area (Å²) in [4.78, 5) is 32.8. The van der Waals surface area contributed by atoms with Crippen LogP contribution in [0.1, 0.15) is 16.7 Å². The van der Waals surface area contributed by atoms with Crippen molar-refractivity contribution in [3.8, 4) is 11.5 Å². The van der Waals surface area contributed by atoms with Gasteiger partial charge in [-0.3, -0.25) is 14.5 Å². The molecule has 2 amide bonds. The van der Waals surface area contributed by atoms with E-state index >= 15 is 0 Å². The van der Waals surface area contributed by atoms with E-state index in [4.69, 9.17) is 14.5 Å². The Morgan fingerprint density at radius 3 is 2.27 bits per heavy atom. The Hall–Kier alpha value is -4.82. The Bertz CT molecular complexity index is 1570. The molecular formula is C33H29N3O4S. The quantitative estimate of drug-likeness (QED) is 0.226. The molecule has 41 heavy (non-hydrogen) atoms. The summed E-state index contributed by atoms with van der Waals surface area (Å²) in [5, 5.41) is 3.43. The van der Waals surface area contributed by atoms with Gasteiger partial charge < -0.3 is 14.8 Å². The van der Waals surface area contributed by atoms with Gasteiger partial charge in [-0.2, -0.15) is 0 Å². The molecule has 0 unspecified atom stereocenters. The molecule has 0 atom stereocenters. The molecule has 0 bridgehead atoms.